The Morgan fingerprint density at radius 1 is 0.491 bits per heavy atom. The maximum Gasteiger partial charge on any atom is 0.125 e. The number of halogens is 1. The number of hydrogen-bond acceptors (Lipinski definition) is 2. The van der Waals surface area contributed by atoms with Gasteiger partial charge in [-0.15, -0.1) is 0 Å². The van der Waals surface area contributed by atoms with E-state index in [9.17, 15) is 4.39 Å². The standard InChI is InChI=1S/C11H10.C10H9N.C9H8FN.C9H9N.C8H8N2/c1-9-6-7-10-4-2-3-5-11(10)8-9;1-8-6-9-4-2-3-5-10(9)11-7-8;1-6-4-7-2-3-8(10)5-9(7)11-6;1-7-6-10-9-5-3-2-4-8(7)9;1-6-9-7-4-2-3-5-8(7)10-6/h2-8H,1H3;2-7H,1H3;2-5,11H,1H3;2-6,10H,1H3;2-5H,1H3,(H,9,10). The molecule has 0 unspecified atom stereocenters. The first kappa shape index (κ1) is 36.3. The van der Waals surface area contributed by atoms with Crippen molar-refractivity contribution in [3.05, 3.63) is 192 Å². The van der Waals surface area contributed by atoms with Crippen molar-refractivity contribution in [2.24, 2.45) is 0 Å². The lowest BCUT2D eigenvalue weighted by Crippen LogP contribution is -1.78. The van der Waals surface area contributed by atoms with E-state index in [1.807, 2.05) is 80.8 Å². The van der Waals surface area contributed by atoms with Crippen molar-refractivity contribution in [1.82, 2.24) is 24.9 Å². The summed E-state index contributed by atoms with van der Waals surface area (Å²) in [6, 6.07) is 48.3. The van der Waals surface area contributed by atoms with Crippen LogP contribution in [0.1, 0.15) is 28.2 Å². The van der Waals surface area contributed by atoms with Crippen molar-refractivity contribution in [3.63, 3.8) is 0 Å². The Labute approximate surface area is 309 Å². The van der Waals surface area contributed by atoms with Gasteiger partial charge in [-0.05, 0) is 117 Å². The Morgan fingerprint density at radius 2 is 1.13 bits per heavy atom. The first-order valence-corrected chi connectivity index (χ1v) is 17.7. The van der Waals surface area contributed by atoms with Crippen molar-refractivity contribution in [3.8, 4) is 0 Å². The Morgan fingerprint density at radius 3 is 1.91 bits per heavy atom. The lowest BCUT2D eigenvalue weighted by molar-refractivity contribution is 0.629. The fraction of sp³-hybridized carbons (Fsp3) is 0.106. The number of aryl methyl sites for hydroxylation is 5. The minimum absolute atomic E-state index is 0.195. The first-order valence-electron chi connectivity index (χ1n) is 17.7. The third-order valence-electron chi connectivity index (χ3n) is 8.66. The average molecular weight is 698 g/mol. The first-order chi connectivity index (χ1) is 25.7. The molecule has 0 saturated carbocycles. The molecule has 0 radical (unpaired) electrons. The summed E-state index contributed by atoms with van der Waals surface area (Å²) < 4.78 is 12.6. The van der Waals surface area contributed by atoms with E-state index in [2.05, 4.69) is 118 Å². The summed E-state index contributed by atoms with van der Waals surface area (Å²) in [7, 11) is 0. The molecule has 0 amide bonds. The van der Waals surface area contributed by atoms with E-state index < -0.39 is 0 Å². The Bertz CT molecular complexity index is 2600. The van der Waals surface area contributed by atoms with Gasteiger partial charge in [0.05, 0.1) is 16.6 Å². The monoisotopic (exact) mass is 697 g/mol. The van der Waals surface area contributed by atoms with E-state index in [0.717, 1.165) is 39.0 Å². The van der Waals surface area contributed by atoms with Gasteiger partial charge in [0.25, 0.3) is 0 Å². The van der Waals surface area contributed by atoms with Crippen LogP contribution in [0, 0.1) is 40.4 Å². The van der Waals surface area contributed by atoms with Gasteiger partial charge in [-0.1, -0.05) is 96.6 Å². The molecule has 53 heavy (non-hydrogen) atoms. The zero-order valence-corrected chi connectivity index (χ0v) is 30.8. The van der Waals surface area contributed by atoms with Gasteiger partial charge in [0.2, 0.25) is 0 Å². The number of pyridine rings is 1. The topological polar surface area (TPSA) is 73.2 Å². The number of para-hydroxylation sites is 4. The van der Waals surface area contributed by atoms with Crippen LogP contribution in [0.15, 0.2) is 158 Å². The Kier molecular flexibility index (Phi) is 11.7. The normalized spacial score (nSPS) is 10.5. The number of hydrogen-bond donors (Lipinski definition) is 3. The van der Waals surface area contributed by atoms with Crippen molar-refractivity contribution in [2.45, 2.75) is 34.6 Å². The molecule has 10 aromatic rings. The third kappa shape index (κ3) is 9.83. The summed E-state index contributed by atoms with van der Waals surface area (Å²) in [5.74, 6) is 0.778. The highest BCUT2D eigenvalue weighted by atomic mass is 19.1. The van der Waals surface area contributed by atoms with Gasteiger partial charge in [-0.25, -0.2) is 9.37 Å². The van der Waals surface area contributed by atoms with Crippen LogP contribution in [0.25, 0.3) is 54.5 Å². The number of aromatic nitrogens is 5. The predicted octanol–water partition coefficient (Wildman–Crippen LogP) is 12.7. The molecule has 6 heteroatoms. The van der Waals surface area contributed by atoms with Crippen molar-refractivity contribution in [2.75, 3.05) is 0 Å². The molecule has 0 spiro atoms. The molecular formula is C47H44FN5. The maximum atomic E-state index is 12.6. The third-order valence-corrected chi connectivity index (χ3v) is 8.66. The van der Waals surface area contributed by atoms with Gasteiger partial charge in [-0.3, -0.25) is 4.98 Å². The zero-order valence-electron chi connectivity index (χ0n) is 30.8. The number of nitrogens with one attached hydrogen (secondary N) is 3. The van der Waals surface area contributed by atoms with E-state index in [1.165, 1.54) is 55.9 Å². The SMILES string of the molecule is Cc1c[nH]c2ccccc12.Cc1cc2ccc(F)cc2[nH]1.Cc1ccc2ccccc2c1.Cc1cnc2ccccc2c1.Cc1nc2ccccc2[nH]1. The summed E-state index contributed by atoms with van der Waals surface area (Å²) in [6.45, 7) is 10.2. The van der Waals surface area contributed by atoms with E-state index in [0.29, 0.717) is 0 Å². The highest BCUT2D eigenvalue weighted by molar-refractivity contribution is 5.84. The molecule has 0 bridgehead atoms. The number of aromatic amines is 3. The number of benzene rings is 6. The lowest BCUT2D eigenvalue weighted by Gasteiger charge is -1.96. The molecule has 0 saturated heterocycles. The minimum Gasteiger partial charge on any atom is -0.361 e. The smallest absolute Gasteiger partial charge is 0.125 e. The molecule has 4 aromatic heterocycles. The lowest BCUT2D eigenvalue weighted by atomic mass is 10.1. The number of rotatable bonds is 0. The second-order valence-corrected chi connectivity index (χ2v) is 13.1. The van der Waals surface area contributed by atoms with Crippen LogP contribution in [0.3, 0.4) is 0 Å². The fourth-order valence-corrected chi connectivity index (χ4v) is 6.03. The molecule has 264 valence electrons. The summed E-state index contributed by atoms with van der Waals surface area (Å²) >= 11 is 0. The molecular weight excluding hydrogens is 654 g/mol. The van der Waals surface area contributed by atoms with E-state index in [-0.39, 0.29) is 5.82 Å². The molecule has 6 aromatic carbocycles. The van der Waals surface area contributed by atoms with Crippen LogP contribution in [-0.2, 0) is 0 Å². The quantitative estimate of drug-likeness (QED) is 0.148. The van der Waals surface area contributed by atoms with Gasteiger partial charge in [0, 0.05) is 39.9 Å². The van der Waals surface area contributed by atoms with E-state index in [4.69, 9.17) is 0 Å². The summed E-state index contributed by atoms with van der Waals surface area (Å²) in [4.78, 5) is 17.9. The molecule has 0 atom stereocenters. The predicted molar refractivity (Wildman–Crippen MR) is 222 cm³/mol. The highest BCUT2D eigenvalue weighted by Gasteiger charge is 1.98. The summed E-state index contributed by atoms with van der Waals surface area (Å²) in [5.41, 5.74) is 10.2. The minimum atomic E-state index is -0.195. The van der Waals surface area contributed by atoms with Gasteiger partial charge in [-0.2, -0.15) is 0 Å². The molecule has 0 aliphatic rings. The molecule has 4 heterocycles. The van der Waals surface area contributed by atoms with Crippen LogP contribution in [0.4, 0.5) is 4.39 Å². The van der Waals surface area contributed by atoms with Gasteiger partial charge in [0.15, 0.2) is 0 Å². The summed E-state index contributed by atoms with van der Waals surface area (Å²) in [6.07, 6.45) is 3.92. The molecule has 0 aliphatic carbocycles. The summed E-state index contributed by atoms with van der Waals surface area (Å²) in [5, 5.41) is 6.24. The zero-order chi connectivity index (χ0) is 37.2. The van der Waals surface area contributed by atoms with Crippen LogP contribution in [-0.4, -0.2) is 24.9 Å². The van der Waals surface area contributed by atoms with Crippen molar-refractivity contribution in [1.29, 1.82) is 0 Å². The van der Waals surface area contributed by atoms with Gasteiger partial charge in [0.1, 0.15) is 11.6 Å². The van der Waals surface area contributed by atoms with Crippen LogP contribution in [0.5, 0.6) is 0 Å². The van der Waals surface area contributed by atoms with Crippen molar-refractivity contribution < 1.29 is 4.39 Å². The molecule has 0 fully saturated rings. The van der Waals surface area contributed by atoms with Gasteiger partial charge >= 0.3 is 0 Å². The molecule has 10 rings (SSSR count). The molecule has 3 N–H and O–H groups in total. The number of fused-ring (bicyclic) bond motifs is 5. The Balaban J connectivity index is 0.000000113. The van der Waals surface area contributed by atoms with Crippen LogP contribution in [0.2, 0.25) is 0 Å². The van der Waals surface area contributed by atoms with Gasteiger partial charge < -0.3 is 15.0 Å². The van der Waals surface area contributed by atoms with E-state index >= 15 is 0 Å². The van der Waals surface area contributed by atoms with Crippen LogP contribution >= 0.6 is 0 Å². The number of nitrogens with zero attached hydrogens (tertiary/aromatic N) is 2. The highest BCUT2D eigenvalue weighted by Crippen LogP contribution is 2.17. The fourth-order valence-electron chi connectivity index (χ4n) is 6.03. The second-order valence-electron chi connectivity index (χ2n) is 13.1. The Hall–Kier alpha value is -6.53. The number of imidazole rings is 1. The maximum absolute atomic E-state index is 12.6. The van der Waals surface area contributed by atoms with E-state index in [1.54, 1.807) is 6.07 Å². The van der Waals surface area contributed by atoms with Crippen LogP contribution < -0.4 is 0 Å². The second kappa shape index (κ2) is 17.1. The molecule has 5 nitrogen and oxygen atoms in total. The number of H-pyrrole nitrogens is 3. The average Bonchev–Trinajstić information content (AvgIpc) is 3.87. The van der Waals surface area contributed by atoms with Crippen molar-refractivity contribution >= 4 is 54.5 Å². The largest absolute Gasteiger partial charge is 0.361 e. The molecule has 0 aliphatic heterocycles.